The van der Waals surface area contributed by atoms with Gasteiger partial charge in [-0.2, -0.15) is 0 Å². The molecule has 1 unspecified atom stereocenters. The second kappa shape index (κ2) is 10.4. The van der Waals surface area contributed by atoms with Crippen LogP contribution in [0.2, 0.25) is 0 Å². The molecule has 0 fully saturated rings. The molecule has 3 nitrogen and oxygen atoms in total. The van der Waals surface area contributed by atoms with Gasteiger partial charge in [0.25, 0.3) is 0 Å². The first-order valence-electron chi connectivity index (χ1n) is 6.14. The quantitative estimate of drug-likeness (QED) is 0.563. The van der Waals surface area contributed by atoms with Crippen LogP contribution in [0.4, 0.5) is 0 Å². The van der Waals surface area contributed by atoms with Crippen LogP contribution < -0.4 is 5.32 Å². The Morgan fingerprint density at radius 1 is 1.27 bits per heavy atom. The van der Waals surface area contributed by atoms with Gasteiger partial charge >= 0.3 is 0 Å². The third-order valence-corrected chi connectivity index (χ3v) is 2.74. The smallest absolute Gasteiger partial charge is 0.0593 e. The van der Waals surface area contributed by atoms with Gasteiger partial charge in [-0.25, -0.2) is 0 Å². The van der Waals surface area contributed by atoms with Gasteiger partial charge < -0.3 is 15.0 Å². The lowest BCUT2D eigenvalue weighted by atomic mass is 10.1. The van der Waals surface area contributed by atoms with Crippen LogP contribution in [0.25, 0.3) is 0 Å². The molecule has 0 aliphatic carbocycles. The number of rotatable bonds is 10. The van der Waals surface area contributed by atoms with Crippen molar-refractivity contribution in [1.82, 2.24) is 10.2 Å². The zero-order valence-electron chi connectivity index (χ0n) is 10.9. The van der Waals surface area contributed by atoms with E-state index in [2.05, 4.69) is 24.2 Å². The molecular weight excluding hydrogens is 188 g/mol. The standard InChI is InChI=1S/C12H28N2O/c1-5-15-11-10-14(4)9-7-6-8-12(2)13-3/h12-13H,5-11H2,1-4H3. The van der Waals surface area contributed by atoms with Crippen LogP contribution in [-0.4, -0.2) is 51.3 Å². The number of hydrogen-bond donors (Lipinski definition) is 1. The van der Waals surface area contributed by atoms with Gasteiger partial charge in [0.2, 0.25) is 0 Å². The average molecular weight is 216 g/mol. The highest BCUT2D eigenvalue weighted by Gasteiger charge is 2.00. The Kier molecular flexibility index (Phi) is 10.3. The predicted molar refractivity (Wildman–Crippen MR) is 66.4 cm³/mol. The fourth-order valence-corrected chi connectivity index (χ4v) is 1.45. The van der Waals surface area contributed by atoms with E-state index in [0.29, 0.717) is 6.04 Å². The Morgan fingerprint density at radius 2 is 2.00 bits per heavy atom. The lowest BCUT2D eigenvalue weighted by Gasteiger charge is -2.16. The zero-order chi connectivity index (χ0) is 11.5. The fourth-order valence-electron chi connectivity index (χ4n) is 1.45. The summed E-state index contributed by atoms with van der Waals surface area (Å²) in [6.07, 6.45) is 3.87. The second-order valence-corrected chi connectivity index (χ2v) is 4.19. The molecule has 0 amide bonds. The van der Waals surface area contributed by atoms with Gasteiger partial charge in [-0.1, -0.05) is 6.42 Å². The van der Waals surface area contributed by atoms with E-state index in [1.807, 2.05) is 14.0 Å². The summed E-state index contributed by atoms with van der Waals surface area (Å²) in [5.74, 6) is 0. The van der Waals surface area contributed by atoms with Gasteiger partial charge in [-0.15, -0.1) is 0 Å². The van der Waals surface area contributed by atoms with Crippen molar-refractivity contribution < 1.29 is 4.74 Å². The molecule has 0 aliphatic heterocycles. The molecule has 3 heteroatoms. The lowest BCUT2D eigenvalue weighted by molar-refractivity contribution is 0.121. The molecule has 1 N–H and O–H groups in total. The zero-order valence-corrected chi connectivity index (χ0v) is 10.9. The van der Waals surface area contributed by atoms with Crippen molar-refractivity contribution in [1.29, 1.82) is 0 Å². The molecule has 0 aromatic rings. The van der Waals surface area contributed by atoms with E-state index >= 15 is 0 Å². The van der Waals surface area contributed by atoms with Gasteiger partial charge in [0.1, 0.15) is 0 Å². The Morgan fingerprint density at radius 3 is 2.60 bits per heavy atom. The normalized spacial score (nSPS) is 13.4. The first-order valence-corrected chi connectivity index (χ1v) is 6.14. The molecule has 15 heavy (non-hydrogen) atoms. The van der Waals surface area contributed by atoms with Gasteiger partial charge in [-0.05, 0) is 47.3 Å². The molecule has 0 radical (unpaired) electrons. The predicted octanol–water partition coefficient (Wildman–Crippen LogP) is 1.73. The SMILES string of the molecule is CCOCCN(C)CCCCC(C)NC. The van der Waals surface area contributed by atoms with Gasteiger partial charge in [0.05, 0.1) is 6.61 Å². The van der Waals surface area contributed by atoms with Crippen LogP contribution in [0.15, 0.2) is 0 Å². The van der Waals surface area contributed by atoms with E-state index in [1.165, 1.54) is 25.8 Å². The molecule has 0 aromatic carbocycles. The van der Waals surface area contributed by atoms with E-state index in [-0.39, 0.29) is 0 Å². The van der Waals surface area contributed by atoms with Crippen molar-refractivity contribution in [2.24, 2.45) is 0 Å². The summed E-state index contributed by atoms with van der Waals surface area (Å²) in [5, 5.41) is 3.26. The maximum absolute atomic E-state index is 5.31. The van der Waals surface area contributed by atoms with Crippen molar-refractivity contribution in [3.05, 3.63) is 0 Å². The first-order chi connectivity index (χ1) is 7.20. The molecule has 0 bridgehead atoms. The topological polar surface area (TPSA) is 24.5 Å². The summed E-state index contributed by atoms with van der Waals surface area (Å²) in [5.41, 5.74) is 0. The molecule has 92 valence electrons. The molecular formula is C12H28N2O. The Bertz CT molecular complexity index is 131. The molecule has 0 rings (SSSR count). The van der Waals surface area contributed by atoms with Crippen molar-refractivity contribution in [2.75, 3.05) is 40.4 Å². The molecule has 0 saturated carbocycles. The van der Waals surface area contributed by atoms with Crippen LogP contribution >= 0.6 is 0 Å². The monoisotopic (exact) mass is 216 g/mol. The highest BCUT2D eigenvalue weighted by atomic mass is 16.5. The minimum absolute atomic E-state index is 0.652. The summed E-state index contributed by atoms with van der Waals surface area (Å²) in [7, 11) is 4.19. The molecule has 0 aromatic heterocycles. The maximum atomic E-state index is 5.31. The van der Waals surface area contributed by atoms with Crippen LogP contribution in [-0.2, 0) is 4.74 Å². The highest BCUT2D eigenvalue weighted by Crippen LogP contribution is 2.01. The second-order valence-electron chi connectivity index (χ2n) is 4.19. The van der Waals surface area contributed by atoms with Crippen molar-refractivity contribution in [3.8, 4) is 0 Å². The van der Waals surface area contributed by atoms with Crippen LogP contribution in [0.5, 0.6) is 0 Å². The fraction of sp³-hybridized carbons (Fsp3) is 1.00. The van der Waals surface area contributed by atoms with Crippen molar-refractivity contribution in [2.45, 2.75) is 39.2 Å². The largest absolute Gasteiger partial charge is 0.380 e. The Hall–Kier alpha value is -0.120. The van der Waals surface area contributed by atoms with E-state index in [0.717, 1.165) is 19.8 Å². The van der Waals surface area contributed by atoms with Gasteiger partial charge in [0.15, 0.2) is 0 Å². The summed E-state index contributed by atoms with van der Waals surface area (Å²) in [6, 6.07) is 0.652. The Labute approximate surface area is 95.2 Å². The minimum Gasteiger partial charge on any atom is -0.380 e. The van der Waals surface area contributed by atoms with Crippen LogP contribution in [0.3, 0.4) is 0 Å². The third kappa shape index (κ3) is 10.2. The molecule has 0 heterocycles. The highest BCUT2D eigenvalue weighted by molar-refractivity contribution is 4.58. The number of nitrogens with zero attached hydrogens (tertiary/aromatic N) is 1. The number of unbranched alkanes of at least 4 members (excludes halogenated alkanes) is 1. The van der Waals surface area contributed by atoms with Crippen molar-refractivity contribution in [3.63, 3.8) is 0 Å². The average Bonchev–Trinajstić information content (AvgIpc) is 2.24. The van der Waals surface area contributed by atoms with Crippen molar-refractivity contribution >= 4 is 0 Å². The molecule has 0 aliphatic rings. The Balaban J connectivity index is 3.19. The summed E-state index contributed by atoms with van der Waals surface area (Å²) >= 11 is 0. The summed E-state index contributed by atoms with van der Waals surface area (Å²) in [4.78, 5) is 2.35. The van der Waals surface area contributed by atoms with Gasteiger partial charge in [-0.3, -0.25) is 0 Å². The lowest BCUT2D eigenvalue weighted by Crippen LogP contribution is -2.25. The number of hydrogen-bond acceptors (Lipinski definition) is 3. The molecule has 0 spiro atoms. The van der Waals surface area contributed by atoms with E-state index in [9.17, 15) is 0 Å². The van der Waals surface area contributed by atoms with E-state index < -0.39 is 0 Å². The summed E-state index contributed by atoms with van der Waals surface area (Å²) < 4.78 is 5.31. The first kappa shape index (κ1) is 14.9. The van der Waals surface area contributed by atoms with Crippen LogP contribution in [0, 0.1) is 0 Å². The molecule has 1 atom stereocenters. The van der Waals surface area contributed by atoms with E-state index in [1.54, 1.807) is 0 Å². The minimum atomic E-state index is 0.652. The maximum Gasteiger partial charge on any atom is 0.0593 e. The number of nitrogens with one attached hydrogen (secondary N) is 1. The number of likely N-dealkylation sites (N-methyl/N-ethyl adjacent to an activating group) is 1. The van der Waals surface area contributed by atoms with Crippen LogP contribution in [0.1, 0.15) is 33.1 Å². The third-order valence-electron chi connectivity index (χ3n) is 2.74. The number of ether oxygens (including phenoxy) is 1. The summed E-state index contributed by atoms with van der Waals surface area (Å²) in [6.45, 7) is 8.20. The van der Waals surface area contributed by atoms with Gasteiger partial charge in [0, 0.05) is 19.2 Å². The molecule has 0 saturated heterocycles. The van der Waals surface area contributed by atoms with E-state index in [4.69, 9.17) is 4.74 Å².